The normalized spacial score (nSPS) is 11.6. The maximum atomic E-state index is 13.5. The van der Waals surface area contributed by atoms with E-state index in [4.69, 9.17) is 10.5 Å². The Morgan fingerprint density at radius 1 is 0.688 bits per heavy atom. The minimum Gasteiger partial charge on any atom is -0.497 e. The minimum atomic E-state index is -0.602. The van der Waals surface area contributed by atoms with Gasteiger partial charge in [-0.3, -0.25) is 19.2 Å². The summed E-state index contributed by atoms with van der Waals surface area (Å²) in [6, 6.07) is 38.5. The van der Waals surface area contributed by atoms with Gasteiger partial charge in [0.2, 0.25) is 11.8 Å². The lowest BCUT2D eigenvalue weighted by molar-refractivity contribution is -0.116. The summed E-state index contributed by atoms with van der Waals surface area (Å²) in [4.78, 5) is 52.1. The zero-order valence-electron chi connectivity index (χ0n) is 25.9. The van der Waals surface area contributed by atoms with Crippen LogP contribution in [0, 0.1) is 0 Å². The SMILES string of the molecule is COc1ccc(/C=C(\NC(=O)c2ccccc2)C(=O)Nc2ccc(SC(C(=O)Nc3ccc(C(N)=O)cc3)c3ccccc3)cc2)cc1. The molecule has 1 unspecified atom stereocenters. The van der Waals surface area contributed by atoms with Gasteiger partial charge in [0.15, 0.2) is 0 Å². The van der Waals surface area contributed by atoms with Crippen molar-refractivity contribution in [3.8, 4) is 5.75 Å². The first-order valence-corrected chi connectivity index (χ1v) is 15.7. The van der Waals surface area contributed by atoms with Gasteiger partial charge in [-0.15, -0.1) is 11.8 Å². The van der Waals surface area contributed by atoms with Crippen LogP contribution in [-0.2, 0) is 9.59 Å². The Bertz CT molecular complexity index is 1910. The molecule has 0 heterocycles. The molecule has 1 atom stereocenters. The summed E-state index contributed by atoms with van der Waals surface area (Å²) < 4.78 is 5.22. The average molecular weight is 657 g/mol. The summed E-state index contributed by atoms with van der Waals surface area (Å²) in [6.45, 7) is 0. The van der Waals surface area contributed by atoms with Gasteiger partial charge in [0.05, 0.1) is 7.11 Å². The van der Waals surface area contributed by atoms with Crippen molar-refractivity contribution in [2.24, 2.45) is 5.73 Å². The molecule has 0 spiro atoms. The van der Waals surface area contributed by atoms with E-state index in [2.05, 4.69) is 16.0 Å². The number of benzene rings is 5. The second kappa shape index (κ2) is 15.9. The first-order chi connectivity index (χ1) is 23.3. The van der Waals surface area contributed by atoms with Gasteiger partial charge in [0, 0.05) is 27.4 Å². The van der Waals surface area contributed by atoms with E-state index in [9.17, 15) is 19.2 Å². The molecule has 0 aliphatic rings. The first kappa shape index (κ1) is 33.2. The fourth-order valence-corrected chi connectivity index (χ4v) is 5.61. The van der Waals surface area contributed by atoms with Crippen LogP contribution in [0.4, 0.5) is 11.4 Å². The zero-order valence-corrected chi connectivity index (χ0v) is 26.7. The Balaban J connectivity index is 1.32. The predicted octanol–water partition coefficient (Wildman–Crippen LogP) is 6.68. The molecular formula is C38H32N4O5S. The molecule has 0 aliphatic heterocycles. The Labute approximate surface area is 282 Å². The van der Waals surface area contributed by atoms with Crippen LogP contribution in [0.15, 0.2) is 144 Å². The summed E-state index contributed by atoms with van der Waals surface area (Å²) in [5.41, 5.74) is 8.65. The number of rotatable bonds is 12. The van der Waals surface area contributed by atoms with E-state index in [0.717, 1.165) is 10.5 Å². The molecule has 0 fully saturated rings. The number of amides is 4. The lowest BCUT2D eigenvalue weighted by Gasteiger charge is -2.18. The highest BCUT2D eigenvalue weighted by Gasteiger charge is 2.23. The number of hydrogen-bond donors (Lipinski definition) is 4. The van der Waals surface area contributed by atoms with Gasteiger partial charge in [0.1, 0.15) is 16.7 Å². The van der Waals surface area contributed by atoms with Gasteiger partial charge in [-0.1, -0.05) is 60.7 Å². The molecule has 0 aromatic heterocycles. The van der Waals surface area contributed by atoms with E-state index in [1.165, 1.54) is 11.8 Å². The molecule has 9 nitrogen and oxygen atoms in total. The maximum Gasteiger partial charge on any atom is 0.272 e. The quantitative estimate of drug-likeness (QED) is 0.0873. The van der Waals surface area contributed by atoms with Gasteiger partial charge >= 0.3 is 0 Å². The van der Waals surface area contributed by atoms with E-state index in [0.29, 0.717) is 33.8 Å². The molecule has 48 heavy (non-hydrogen) atoms. The highest BCUT2D eigenvalue weighted by atomic mass is 32.2. The highest BCUT2D eigenvalue weighted by molar-refractivity contribution is 8.00. The van der Waals surface area contributed by atoms with Gasteiger partial charge < -0.3 is 26.4 Å². The molecule has 5 aromatic carbocycles. The smallest absolute Gasteiger partial charge is 0.272 e. The summed E-state index contributed by atoms with van der Waals surface area (Å²) in [6.07, 6.45) is 1.59. The molecule has 4 amide bonds. The van der Waals surface area contributed by atoms with Crippen molar-refractivity contribution >= 4 is 52.8 Å². The van der Waals surface area contributed by atoms with Crippen molar-refractivity contribution in [1.82, 2.24) is 5.32 Å². The van der Waals surface area contributed by atoms with Crippen LogP contribution in [0.25, 0.3) is 6.08 Å². The van der Waals surface area contributed by atoms with Gasteiger partial charge in [0.25, 0.3) is 11.8 Å². The molecule has 0 bridgehead atoms. The summed E-state index contributed by atoms with van der Waals surface area (Å²) in [5.74, 6) is -1.08. The van der Waals surface area contributed by atoms with E-state index in [-0.39, 0.29) is 11.6 Å². The number of methoxy groups -OCH3 is 1. The van der Waals surface area contributed by atoms with Crippen molar-refractivity contribution < 1.29 is 23.9 Å². The second-order valence-electron chi connectivity index (χ2n) is 10.5. The number of nitrogens with one attached hydrogen (secondary N) is 3. The van der Waals surface area contributed by atoms with Crippen LogP contribution >= 0.6 is 11.8 Å². The van der Waals surface area contributed by atoms with Crippen molar-refractivity contribution in [2.45, 2.75) is 10.1 Å². The number of ether oxygens (including phenoxy) is 1. The molecule has 5 aromatic rings. The van der Waals surface area contributed by atoms with Crippen LogP contribution in [0.2, 0.25) is 0 Å². The number of hydrogen-bond acceptors (Lipinski definition) is 6. The molecular weight excluding hydrogens is 625 g/mol. The molecule has 0 radical (unpaired) electrons. The third-order valence-corrected chi connectivity index (χ3v) is 8.37. The van der Waals surface area contributed by atoms with Crippen LogP contribution in [0.1, 0.15) is 37.1 Å². The number of anilines is 2. The van der Waals surface area contributed by atoms with Gasteiger partial charge in [-0.25, -0.2) is 0 Å². The molecule has 5 rings (SSSR count). The average Bonchev–Trinajstić information content (AvgIpc) is 3.12. The van der Waals surface area contributed by atoms with Crippen molar-refractivity contribution in [3.63, 3.8) is 0 Å². The molecule has 0 aliphatic carbocycles. The largest absolute Gasteiger partial charge is 0.497 e. The van der Waals surface area contributed by atoms with Gasteiger partial charge in [-0.2, -0.15) is 0 Å². The standard InChI is InChI=1S/C38H32N4O5S/c1-47-31-20-12-25(13-21-31)24-33(42-36(44)28-10-6-3-7-11-28)37(45)40-30-18-22-32(23-19-30)48-34(26-8-4-2-5-9-26)38(46)41-29-16-14-27(15-17-29)35(39)43/h2-24,34H,1H3,(H2,39,43)(H,40,45)(H,41,46)(H,42,44)/b33-24-. The Hall–Kier alpha value is -6.13. The first-order valence-electron chi connectivity index (χ1n) is 14.8. The van der Waals surface area contributed by atoms with E-state index < -0.39 is 23.0 Å². The van der Waals surface area contributed by atoms with E-state index in [1.54, 1.807) is 116 Å². The Morgan fingerprint density at radius 2 is 1.27 bits per heavy atom. The Kier molecular flexibility index (Phi) is 11.0. The molecule has 10 heteroatoms. The molecule has 5 N–H and O–H groups in total. The van der Waals surface area contributed by atoms with E-state index >= 15 is 0 Å². The molecule has 0 saturated heterocycles. The molecule has 0 saturated carbocycles. The van der Waals surface area contributed by atoms with E-state index in [1.807, 2.05) is 30.3 Å². The highest BCUT2D eigenvalue weighted by Crippen LogP contribution is 2.37. The van der Waals surface area contributed by atoms with Crippen molar-refractivity contribution in [1.29, 1.82) is 0 Å². The monoisotopic (exact) mass is 656 g/mol. The predicted molar refractivity (Wildman–Crippen MR) is 189 cm³/mol. The zero-order chi connectivity index (χ0) is 33.9. The van der Waals surface area contributed by atoms with Gasteiger partial charge in [-0.05, 0) is 90.0 Å². The van der Waals surface area contributed by atoms with Crippen LogP contribution in [-0.4, -0.2) is 30.7 Å². The third kappa shape index (κ3) is 8.99. The second-order valence-corrected chi connectivity index (χ2v) is 11.6. The van der Waals surface area contributed by atoms with Crippen LogP contribution in [0.5, 0.6) is 5.75 Å². The van der Waals surface area contributed by atoms with Crippen molar-refractivity contribution in [3.05, 3.63) is 161 Å². The lowest BCUT2D eigenvalue weighted by atomic mass is 10.1. The Morgan fingerprint density at radius 3 is 1.88 bits per heavy atom. The number of carbonyl (C=O) groups is 4. The summed E-state index contributed by atoms with van der Waals surface area (Å²) >= 11 is 1.34. The maximum absolute atomic E-state index is 13.5. The number of carbonyl (C=O) groups excluding carboxylic acids is 4. The number of nitrogens with two attached hydrogens (primary N) is 1. The fourth-order valence-electron chi connectivity index (χ4n) is 4.59. The fraction of sp³-hybridized carbons (Fsp3) is 0.0526. The topological polar surface area (TPSA) is 140 Å². The summed E-state index contributed by atoms with van der Waals surface area (Å²) in [5, 5.41) is 7.90. The van der Waals surface area contributed by atoms with Crippen molar-refractivity contribution in [2.75, 3.05) is 17.7 Å². The molecule has 240 valence electrons. The third-order valence-electron chi connectivity index (χ3n) is 7.10. The number of primary amides is 1. The van der Waals surface area contributed by atoms with Crippen LogP contribution < -0.4 is 26.4 Å². The lowest BCUT2D eigenvalue weighted by Crippen LogP contribution is -2.30. The minimum absolute atomic E-state index is 0.0529. The summed E-state index contributed by atoms with van der Waals surface area (Å²) in [7, 11) is 1.57. The van der Waals surface area contributed by atoms with Crippen LogP contribution in [0.3, 0.4) is 0 Å². The number of thioether (sulfide) groups is 1.